The second-order valence-electron chi connectivity index (χ2n) is 6.00. The van der Waals surface area contributed by atoms with Crippen LogP contribution in [-0.2, 0) is 14.3 Å². The average Bonchev–Trinajstić information content (AvgIpc) is 3.19. The van der Waals surface area contributed by atoms with E-state index >= 15 is 0 Å². The predicted octanol–water partition coefficient (Wildman–Crippen LogP) is 0.681. The minimum atomic E-state index is -0.300. The van der Waals surface area contributed by atoms with E-state index in [1.807, 2.05) is 0 Å². The lowest BCUT2D eigenvalue weighted by Crippen LogP contribution is -2.46. The fourth-order valence-corrected chi connectivity index (χ4v) is 3.17. The molecule has 3 rings (SSSR count). The van der Waals surface area contributed by atoms with Crippen LogP contribution in [0.5, 0.6) is 0 Å². The molecule has 106 valence electrons. The Hall–Kier alpha value is -0.940. The molecule has 19 heavy (non-hydrogen) atoms. The zero-order valence-electron chi connectivity index (χ0n) is 11.4. The van der Waals surface area contributed by atoms with E-state index in [1.165, 1.54) is 4.90 Å². The molecule has 1 saturated carbocycles. The Morgan fingerprint density at radius 2 is 1.89 bits per heavy atom. The van der Waals surface area contributed by atoms with Crippen molar-refractivity contribution in [3.05, 3.63) is 0 Å². The van der Waals surface area contributed by atoms with Crippen molar-refractivity contribution in [2.24, 2.45) is 5.92 Å². The molecule has 1 aliphatic carbocycles. The normalized spacial score (nSPS) is 31.0. The number of hydrogen-bond donors (Lipinski definition) is 1. The van der Waals surface area contributed by atoms with Crippen molar-refractivity contribution in [2.75, 3.05) is 13.2 Å². The molecule has 2 heterocycles. The smallest absolute Gasteiger partial charge is 0.247 e. The molecule has 0 aromatic rings. The third-order valence-corrected chi connectivity index (χ3v) is 4.53. The zero-order chi connectivity index (χ0) is 13.4. The van der Waals surface area contributed by atoms with E-state index in [0.717, 1.165) is 38.9 Å². The van der Waals surface area contributed by atoms with Gasteiger partial charge in [-0.3, -0.25) is 14.5 Å². The summed E-state index contributed by atoms with van der Waals surface area (Å²) in [4.78, 5) is 25.6. The van der Waals surface area contributed by atoms with Gasteiger partial charge in [-0.05, 0) is 38.5 Å². The summed E-state index contributed by atoms with van der Waals surface area (Å²) in [6, 6.07) is 0.168. The molecule has 2 aliphatic heterocycles. The number of nitrogens with one attached hydrogen (secondary N) is 1. The molecule has 0 aromatic heterocycles. The number of imide groups is 1. The maximum absolute atomic E-state index is 12.2. The van der Waals surface area contributed by atoms with Crippen molar-refractivity contribution in [2.45, 2.75) is 57.2 Å². The quantitative estimate of drug-likeness (QED) is 0.760. The Labute approximate surface area is 113 Å². The van der Waals surface area contributed by atoms with Gasteiger partial charge in [-0.1, -0.05) is 0 Å². The van der Waals surface area contributed by atoms with Gasteiger partial charge in [0, 0.05) is 25.3 Å². The lowest BCUT2D eigenvalue weighted by atomic mass is 9.92. The summed E-state index contributed by atoms with van der Waals surface area (Å²) in [5.74, 6) is 0.544. The number of carbonyl (C=O) groups is 2. The highest BCUT2D eigenvalue weighted by Gasteiger charge is 2.46. The van der Waals surface area contributed by atoms with E-state index in [0.29, 0.717) is 12.3 Å². The molecule has 3 aliphatic rings. The minimum Gasteiger partial charge on any atom is -0.381 e. The second kappa shape index (κ2) is 5.21. The number of carbonyl (C=O) groups excluding carboxylic acids is 2. The Bertz CT molecular complexity index is 375. The monoisotopic (exact) mass is 266 g/mol. The Balaban J connectivity index is 1.57. The molecule has 2 unspecified atom stereocenters. The Kier molecular flexibility index (Phi) is 3.58. The summed E-state index contributed by atoms with van der Waals surface area (Å²) in [7, 11) is 0. The van der Waals surface area contributed by atoms with E-state index in [-0.39, 0.29) is 29.9 Å². The van der Waals surface area contributed by atoms with Crippen LogP contribution < -0.4 is 5.32 Å². The van der Waals surface area contributed by atoms with Gasteiger partial charge >= 0.3 is 0 Å². The first-order chi connectivity index (χ1) is 9.16. The molecular weight excluding hydrogens is 244 g/mol. The fourth-order valence-electron chi connectivity index (χ4n) is 3.17. The maximum Gasteiger partial charge on any atom is 0.247 e. The van der Waals surface area contributed by atoms with E-state index in [2.05, 4.69) is 12.2 Å². The van der Waals surface area contributed by atoms with Gasteiger partial charge < -0.3 is 10.1 Å². The van der Waals surface area contributed by atoms with Crippen LogP contribution in [-0.4, -0.2) is 48.1 Å². The van der Waals surface area contributed by atoms with Gasteiger partial charge in [0.2, 0.25) is 11.8 Å². The van der Waals surface area contributed by atoms with Crippen LogP contribution in [0.4, 0.5) is 0 Å². The van der Waals surface area contributed by atoms with Gasteiger partial charge in [0.25, 0.3) is 0 Å². The van der Waals surface area contributed by atoms with Gasteiger partial charge in [-0.2, -0.15) is 0 Å². The molecule has 0 aromatic carbocycles. The SMILES string of the molecule is CC(NC1CC(=O)N(C2CC2)C1=O)C1CCOCC1. The molecule has 2 saturated heterocycles. The highest BCUT2D eigenvalue weighted by atomic mass is 16.5. The van der Waals surface area contributed by atoms with Crippen molar-refractivity contribution in [3.63, 3.8) is 0 Å². The van der Waals surface area contributed by atoms with E-state index in [1.54, 1.807) is 0 Å². The molecule has 3 fully saturated rings. The number of nitrogens with zero attached hydrogens (tertiary/aromatic N) is 1. The Morgan fingerprint density at radius 1 is 1.21 bits per heavy atom. The Morgan fingerprint density at radius 3 is 2.53 bits per heavy atom. The number of amides is 2. The number of hydrogen-bond acceptors (Lipinski definition) is 4. The summed E-state index contributed by atoms with van der Waals surface area (Å²) in [6.45, 7) is 3.73. The van der Waals surface area contributed by atoms with Crippen LogP contribution >= 0.6 is 0 Å². The number of ether oxygens (including phenoxy) is 1. The molecule has 0 bridgehead atoms. The molecular formula is C14H22N2O3. The first kappa shape index (κ1) is 13.1. The first-order valence-corrected chi connectivity index (χ1v) is 7.36. The molecule has 2 atom stereocenters. The van der Waals surface area contributed by atoms with Crippen LogP contribution in [0.2, 0.25) is 0 Å². The van der Waals surface area contributed by atoms with Gasteiger partial charge in [0.05, 0.1) is 12.5 Å². The first-order valence-electron chi connectivity index (χ1n) is 7.36. The largest absolute Gasteiger partial charge is 0.381 e. The van der Waals surface area contributed by atoms with Crippen molar-refractivity contribution in [1.82, 2.24) is 10.2 Å². The summed E-state index contributed by atoms with van der Waals surface area (Å²) in [5, 5.41) is 3.37. The van der Waals surface area contributed by atoms with Gasteiger partial charge in [0.1, 0.15) is 0 Å². The lowest BCUT2D eigenvalue weighted by Gasteiger charge is -2.30. The maximum atomic E-state index is 12.2. The topological polar surface area (TPSA) is 58.6 Å². The fraction of sp³-hybridized carbons (Fsp3) is 0.857. The van der Waals surface area contributed by atoms with Crippen LogP contribution in [0.15, 0.2) is 0 Å². The van der Waals surface area contributed by atoms with E-state index < -0.39 is 0 Å². The minimum absolute atomic E-state index is 0.00387. The van der Waals surface area contributed by atoms with Crippen LogP contribution in [0.25, 0.3) is 0 Å². The number of likely N-dealkylation sites (tertiary alicyclic amines) is 1. The lowest BCUT2D eigenvalue weighted by molar-refractivity contribution is -0.139. The summed E-state index contributed by atoms with van der Waals surface area (Å²) >= 11 is 0. The molecule has 5 heteroatoms. The zero-order valence-corrected chi connectivity index (χ0v) is 11.4. The average molecular weight is 266 g/mol. The van der Waals surface area contributed by atoms with E-state index in [9.17, 15) is 9.59 Å². The highest BCUT2D eigenvalue weighted by Crippen LogP contribution is 2.32. The van der Waals surface area contributed by atoms with Gasteiger partial charge in [-0.25, -0.2) is 0 Å². The molecule has 0 radical (unpaired) electrons. The highest BCUT2D eigenvalue weighted by molar-refractivity contribution is 6.06. The van der Waals surface area contributed by atoms with Crippen molar-refractivity contribution in [1.29, 1.82) is 0 Å². The van der Waals surface area contributed by atoms with Crippen LogP contribution in [0, 0.1) is 5.92 Å². The third-order valence-electron chi connectivity index (χ3n) is 4.53. The van der Waals surface area contributed by atoms with Crippen molar-refractivity contribution in [3.8, 4) is 0 Å². The predicted molar refractivity (Wildman–Crippen MR) is 69.4 cm³/mol. The summed E-state index contributed by atoms with van der Waals surface area (Å²) < 4.78 is 5.36. The second-order valence-corrected chi connectivity index (χ2v) is 6.00. The summed E-state index contributed by atoms with van der Waals surface area (Å²) in [6.07, 6.45) is 4.38. The van der Waals surface area contributed by atoms with Crippen LogP contribution in [0.1, 0.15) is 39.0 Å². The van der Waals surface area contributed by atoms with Crippen molar-refractivity contribution >= 4 is 11.8 Å². The molecule has 0 spiro atoms. The van der Waals surface area contributed by atoms with Crippen LogP contribution in [0.3, 0.4) is 0 Å². The number of rotatable bonds is 4. The van der Waals surface area contributed by atoms with E-state index in [4.69, 9.17) is 4.74 Å². The molecule has 5 nitrogen and oxygen atoms in total. The van der Waals surface area contributed by atoms with Gasteiger partial charge in [-0.15, -0.1) is 0 Å². The molecule has 1 N–H and O–H groups in total. The van der Waals surface area contributed by atoms with Crippen molar-refractivity contribution < 1.29 is 14.3 Å². The molecule has 2 amide bonds. The standard InChI is InChI=1S/C14H22N2O3/c1-9(10-4-6-19-7-5-10)15-12-8-13(17)16(14(12)18)11-2-3-11/h9-12,15H,2-8H2,1H3. The van der Waals surface area contributed by atoms with Gasteiger partial charge in [0.15, 0.2) is 0 Å². The third kappa shape index (κ3) is 2.67. The summed E-state index contributed by atoms with van der Waals surface area (Å²) in [5.41, 5.74) is 0.